The molecule has 0 aromatic heterocycles. The maximum Gasteiger partial charge on any atom is 0.0992 e. The molecule has 2 unspecified atom stereocenters. The Bertz CT molecular complexity index is 505. The molecule has 0 amide bonds. The van der Waals surface area contributed by atoms with Gasteiger partial charge in [0.05, 0.1) is 23.0 Å². The second kappa shape index (κ2) is 5.10. The Morgan fingerprint density at radius 3 is 3.00 bits per heavy atom. The normalized spacial score (nSPS) is 26.7. The maximum absolute atomic E-state index is 8.97. The third-order valence-electron chi connectivity index (χ3n) is 4.38. The van der Waals surface area contributed by atoms with Crippen molar-refractivity contribution in [3.63, 3.8) is 0 Å². The standard InChI is InChI=1S/C15H20N4/c16-10-11-4-5-12(17)14(9-11)18-13-6-8-19-7-2-1-3-15(13)19/h4-5,9,13,15,18H,1-3,6-8,17H2. The third kappa shape index (κ3) is 2.39. The first-order valence-corrected chi connectivity index (χ1v) is 7.08. The lowest BCUT2D eigenvalue weighted by Crippen LogP contribution is -2.41. The van der Waals surface area contributed by atoms with E-state index in [1.54, 1.807) is 6.07 Å². The number of anilines is 2. The zero-order chi connectivity index (χ0) is 13.2. The minimum Gasteiger partial charge on any atom is -0.397 e. The second-order valence-corrected chi connectivity index (χ2v) is 5.55. The molecule has 2 aliphatic rings. The monoisotopic (exact) mass is 256 g/mol. The number of rotatable bonds is 2. The van der Waals surface area contributed by atoms with Gasteiger partial charge in [-0.1, -0.05) is 6.42 Å². The lowest BCUT2D eigenvalue weighted by Gasteiger charge is -2.33. The average Bonchev–Trinajstić information content (AvgIpc) is 2.85. The van der Waals surface area contributed by atoms with Gasteiger partial charge in [-0.25, -0.2) is 0 Å². The van der Waals surface area contributed by atoms with E-state index in [9.17, 15) is 0 Å². The van der Waals surface area contributed by atoms with E-state index in [4.69, 9.17) is 11.0 Å². The van der Waals surface area contributed by atoms with Crippen LogP contribution in [0.25, 0.3) is 0 Å². The van der Waals surface area contributed by atoms with E-state index in [-0.39, 0.29) is 0 Å². The van der Waals surface area contributed by atoms with Crippen LogP contribution in [0.15, 0.2) is 18.2 Å². The molecule has 2 saturated heterocycles. The summed E-state index contributed by atoms with van der Waals surface area (Å²) in [7, 11) is 0. The van der Waals surface area contributed by atoms with Gasteiger partial charge in [-0.3, -0.25) is 4.90 Å². The number of nitrogens with zero attached hydrogens (tertiary/aromatic N) is 2. The van der Waals surface area contributed by atoms with Crippen molar-refractivity contribution in [3.8, 4) is 6.07 Å². The Labute approximate surface area is 114 Å². The number of nitrogen functional groups attached to an aromatic ring is 1. The zero-order valence-corrected chi connectivity index (χ0v) is 11.1. The lowest BCUT2D eigenvalue weighted by atomic mass is 9.98. The van der Waals surface area contributed by atoms with Crippen molar-refractivity contribution in [1.82, 2.24) is 4.90 Å². The Morgan fingerprint density at radius 1 is 1.26 bits per heavy atom. The molecule has 1 aromatic rings. The summed E-state index contributed by atoms with van der Waals surface area (Å²) in [5.41, 5.74) is 8.31. The number of hydrogen-bond acceptors (Lipinski definition) is 4. The van der Waals surface area contributed by atoms with Gasteiger partial charge in [0.1, 0.15) is 0 Å². The zero-order valence-electron chi connectivity index (χ0n) is 11.1. The average molecular weight is 256 g/mol. The minimum atomic E-state index is 0.469. The highest BCUT2D eigenvalue weighted by molar-refractivity contribution is 5.68. The lowest BCUT2D eigenvalue weighted by molar-refractivity contribution is 0.193. The van der Waals surface area contributed by atoms with Crippen LogP contribution in [-0.2, 0) is 0 Å². The molecule has 0 spiro atoms. The number of fused-ring (bicyclic) bond motifs is 1. The van der Waals surface area contributed by atoms with Gasteiger partial charge in [0.2, 0.25) is 0 Å². The first-order chi connectivity index (χ1) is 9.28. The number of hydrogen-bond donors (Lipinski definition) is 2. The molecular formula is C15H20N4. The predicted octanol–water partition coefficient (Wildman–Crippen LogP) is 2.18. The van der Waals surface area contributed by atoms with Crippen molar-refractivity contribution in [3.05, 3.63) is 23.8 Å². The molecule has 4 nitrogen and oxygen atoms in total. The molecule has 2 fully saturated rings. The smallest absolute Gasteiger partial charge is 0.0992 e. The SMILES string of the molecule is N#Cc1ccc(N)c(NC2CCN3CCCCC23)c1. The molecule has 2 heterocycles. The molecule has 19 heavy (non-hydrogen) atoms. The summed E-state index contributed by atoms with van der Waals surface area (Å²) >= 11 is 0. The summed E-state index contributed by atoms with van der Waals surface area (Å²) in [6.45, 7) is 2.41. The number of piperidine rings is 1. The largest absolute Gasteiger partial charge is 0.397 e. The first kappa shape index (κ1) is 12.3. The Balaban J connectivity index is 1.76. The first-order valence-electron chi connectivity index (χ1n) is 7.08. The highest BCUT2D eigenvalue weighted by atomic mass is 15.2. The summed E-state index contributed by atoms with van der Waals surface area (Å²) in [4.78, 5) is 2.59. The van der Waals surface area contributed by atoms with Gasteiger partial charge >= 0.3 is 0 Å². The topological polar surface area (TPSA) is 65.1 Å². The van der Waals surface area contributed by atoms with Gasteiger partial charge < -0.3 is 11.1 Å². The van der Waals surface area contributed by atoms with E-state index in [0.29, 0.717) is 17.6 Å². The van der Waals surface area contributed by atoms with Gasteiger partial charge in [-0.05, 0) is 44.0 Å². The van der Waals surface area contributed by atoms with E-state index in [1.807, 2.05) is 12.1 Å². The number of nitrogens with two attached hydrogens (primary N) is 1. The number of nitriles is 1. The molecule has 2 atom stereocenters. The van der Waals surface area contributed by atoms with Crippen LogP contribution < -0.4 is 11.1 Å². The summed E-state index contributed by atoms with van der Waals surface area (Å²) in [6, 6.07) is 8.72. The highest BCUT2D eigenvalue weighted by Gasteiger charge is 2.35. The third-order valence-corrected chi connectivity index (χ3v) is 4.38. The van der Waals surface area contributed by atoms with E-state index in [0.717, 1.165) is 11.4 Å². The van der Waals surface area contributed by atoms with E-state index in [2.05, 4.69) is 16.3 Å². The number of benzene rings is 1. The van der Waals surface area contributed by atoms with Crippen molar-refractivity contribution in [1.29, 1.82) is 5.26 Å². The predicted molar refractivity (Wildman–Crippen MR) is 76.8 cm³/mol. The van der Waals surface area contributed by atoms with Crippen LogP contribution >= 0.6 is 0 Å². The van der Waals surface area contributed by atoms with Crippen LogP contribution in [0, 0.1) is 11.3 Å². The minimum absolute atomic E-state index is 0.469. The van der Waals surface area contributed by atoms with Crippen LogP contribution in [0.1, 0.15) is 31.2 Å². The molecule has 3 N–H and O–H groups in total. The molecule has 0 saturated carbocycles. The van der Waals surface area contributed by atoms with Gasteiger partial charge in [-0.15, -0.1) is 0 Å². The Kier molecular flexibility index (Phi) is 3.31. The van der Waals surface area contributed by atoms with Crippen LogP contribution in [0.2, 0.25) is 0 Å². The fourth-order valence-electron chi connectivity index (χ4n) is 3.37. The Morgan fingerprint density at radius 2 is 2.16 bits per heavy atom. The van der Waals surface area contributed by atoms with Crippen LogP contribution in [0.5, 0.6) is 0 Å². The van der Waals surface area contributed by atoms with E-state index < -0.39 is 0 Å². The highest BCUT2D eigenvalue weighted by Crippen LogP contribution is 2.31. The summed E-state index contributed by atoms with van der Waals surface area (Å²) < 4.78 is 0. The van der Waals surface area contributed by atoms with Crippen molar-refractivity contribution >= 4 is 11.4 Å². The molecule has 100 valence electrons. The molecule has 0 bridgehead atoms. The molecule has 0 aliphatic carbocycles. The van der Waals surface area contributed by atoms with Crippen molar-refractivity contribution < 1.29 is 0 Å². The molecular weight excluding hydrogens is 236 g/mol. The van der Waals surface area contributed by atoms with Crippen molar-refractivity contribution in [2.24, 2.45) is 0 Å². The number of nitrogens with one attached hydrogen (secondary N) is 1. The quantitative estimate of drug-likeness (QED) is 0.796. The molecule has 0 radical (unpaired) electrons. The van der Waals surface area contributed by atoms with E-state index >= 15 is 0 Å². The maximum atomic E-state index is 8.97. The van der Waals surface area contributed by atoms with Gasteiger partial charge in [0.15, 0.2) is 0 Å². The Hall–Kier alpha value is -1.73. The summed E-state index contributed by atoms with van der Waals surface area (Å²) in [5, 5.41) is 12.5. The second-order valence-electron chi connectivity index (χ2n) is 5.55. The van der Waals surface area contributed by atoms with Crippen LogP contribution in [0.4, 0.5) is 11.4 Å². The molecule has 3 rings (SSSR count). The summed E-state index contributed by atoms with van der Waals surface area (Å²) in [6.07, 6.45) is 5.10. The fraction of sp³-hybridized carbons (Fsp3) is 0.533. The van der Waals surface area contributed by atoms with Crippen molar-refractivity contribution in [2.45, 2.75) is 37.8 Å². The molecule has 1 aromatic carbocycles. The van der Waals surface area contributed by atoms with Gasteiger partial charge in [0, 0.05) is 18.6 Å². The van der Waals surface area contributed by atoms with Crippen molar-refractivity contribution in [2.75, 3.05) is 24.1 Å². The molecule has 2 aliphatic heterocycles. The van der Waals surface area contributed by atoms with Gasteiger partial charge in [0.25, 0.3) is 0 Å². The van der Waals surface area contributed by atoms with Gasteiger partial charge in [-0.2, -0.15) is 5.26 Å². The van der Waals surface area contributed by atoms with E-state index in [1.165, 1.54) is 38.8 Å². The summed E-state index contributed by atoms with van der Waals surface area (Å²) in [5.74, 6) is 0. The fourth-order valence-corrected chi connectivity index (χ4v) is 3.37. The van der Waals surface area contributed by atoms with Crippen LogP contribution in [0.3, 0.4) is 0 Å². The van der Waals surface area contributed by atoms with Crippen LogP contribution in [-0.4, -0.2) is 30.1 Å². The molecule has 4 heteroatoms.